The molecule has 4 aromatic rings. The van der Waals surface area contributed by atoms with Gasteiger partial charge in [0.15, 0.2) is 16.9 Å². The van der Waals surface area contributed by atoms with Crippen LogP contribution in [-0.2, 0) is 0 Å². The number of fused-ring (bicyclic) bond motifs is 2. The summed E-state index contributed by atoms with van der Waals surface area (Å²) < 4.78 is 17.9. The van der Waals surface area contributed by atoms with Gasteiger partial charge in [-0.3, -0.25) is 14.5 Å². The Bertz CT molecular complexity index is 1500. The van der Waals surface area contributed by atoms with Gasteiger partial charge in [0.25, 0.3) is 5.91 Å². The molecule has 0 saturated heterocycles. The summed E-state index contributed by atoms with van der Waals surface area (Å²) in [5.41, 5.74) is 3.99. The molecule has 1 amide bonds. The number of hydrogen-bond acceptors (Lipinski definition) is 5. The van der Waals surface area contributed by atoms with Crippen LogP contribution in [0.5, 0.6) is 11.5 Å². The van der Waals surface area contributed by atoms with E-state index < -0.39 is 6.04 Å². The summed E-state index contributed by atoms with van der Waals surface area (Å²) in [4.78, 5) is 29.3. The molecule has 184 valence electrons. The van der Waals surface area contributed by atoms with Crippen molar-refractivity contribution in [1.29, 1.82) is 0 Å². The molecule has 1 aliphatic heterocycles. The smallest absolute Gasteiger partial charge is 0.295 e. The molecule has 1 aliphatic rings. The van der Waals surface area contributed by atoms with E-state index in [-0.39, 0.29) is 17.1 Å². The summed E-state index contributed by atoms with van der Waals surface area (Å²) in [5.74, 6) is 0.943. The summed E-state index contributed by atoms with van der Waals surface area (Å²) in [7, 11) is 0. The van der Waals surface area contributed by atoms with Gasteiger partial charge < -0.3 is 13.9 Å². The van der Waals surface area contributed by atoms with Gasteiger partial charge in [-0.2, -0.15) is 0 Å². The highest BCUT2D eigenvalue weighted by Gasteiger charge is 2.44. The first-order chi connectivity index (χ1) is 17.4. The molecule has 0 aliphatic carbocycles. The van der Waals surface area contributed by atoms with Crippen LogP contribution >= 0.6 is 0 Å². The predicted octanol–water partition coefficient (Wildman–Crippen LogP) is 6.35. The maximum absolute atomic E-state index is 13.9. The second kappa shape index (κ2) is 9.53. The van der Waals surface area contributed by atoms with E-state index in [9.17, 15) is 9.59 Å². The number of anilines is 1. The largest absolute Gasteiger partial charge is 0.490 e. The fraction of sp³-hybridized carbons (Fsp3) is 0.267. The molecule has 0 N–H and O–H groups in total. The van der Waals surface area contributed by atoms with Gasteiger partial charge in [0.2, 0.25) is 5.76 Å². The third-order valence-corrected chi connectivity index (χ3v) is 6.38. The first kappa shape index (κ1) is 23.7. The van der Waals surface area contributed by atoms with Crippen LogP contribution in [-0.4, -0.2) is 19.1 Å². The number of carbonyl (C=O) groups excluding carboxylic acids is 1. The van der Waals surface area contributed by atoms with E-state index in [1.807, 2.05) is 82.3 Å². The van der Waals surface area contributed by atoms with Gasteiger partial charge in [-0.05, 0) is 69.2 Å². The van der Waals surface area contributed by atoms with Crippen molar-refractivity contribution in [3.63, 3.8) is 0 Å². The Hall–Kier alpha value is -4.06. The van der Waals surface area contributed by atoms with E-state index in [4.69, 9.17) is 13.9 Å². The molecule has 2 heterocycles. The van der Waals surface area contributed by atoms with Crippen molar-refractivity contribution in [2.75, 3.05) is 18.1 Å². The van der Waals surface area contributed by atoms with Crippen molar-refractivity contribution < 1.29 is 18.7 Å². The zero-order chi connectivity index (χ0) is 25.4. The Balaban J connectivity index is 1.75. The summed E-state index contributed by atoms with van der Waals surface area (Å²) in [5, 5.41) is 0.463. The maximum Gasteiger partial charge on any atom is 0.295 e. The fourth-order valence-corrected chi connectivity index (χ4v) is 4.67. The zero-order valence-corrected chi connectivity index (χ0v) is 21.0. The molecule has 1 atom stereocenters. The van der Waals surface area contributed by atoms with Crippen molar-refractivity contribution in [1.82, 2.24) is 0 Å². The normalized spacial score (nSPS) is 14.8. The molecular formula is C30H29NO5. The Morgan fingerprint density at radius 3 is 2.33 bits per heavy atom. The lowest BCUT2D eigenvalue weighted by atomic mass is 9.97. The summed E-state index contributed by atoms with van der Waals surface area (Å²) in [6.45, 7) is 8.89. The van der Waals surface area contributed by atoms with Crippen LogP contribution in [0.3, 0.4) is 0 Å². The Labute approximate surface area is 210 Å². The number of benzene rings is 3. The second-order valence-electron chi connectivity index (χ2n) is 9.07. The number of aryl methyl sites for hydroxylation is 2. The minimum Gasteiger partial charge on any atom is -0.490 e. The van der Waals surface area contributed by atoms with E-state index in [2.05, 4.69) is 0 Å². The highest BCUT2D eigenvalue weighted by Crippen LogP contribution is 2.43. The Kier molecular flexibility index (Phi) is 6.27. The lowest BCUT2D eigenvalue weighted by molar-refractivity contribution is 0.0971. The molecule has 6 heteroatoms. The SMILES string of the molecule is CCCOc1ccc(C2c3c(oc4ccc(C)cc4c3=O)C(=O)N2c2ccc(C)cc2)cc1OCC. The van der Waals surface area contributed by atoms with Crippen molar-refractivity contribution in [3.8, 4) is 11.5 Å². The van der Waals surface area contributed by atoms with Gasteiger partial charge in [0.05, 0.1) is 30.2 Å². The van der Waals surface area contributed by atoms with E-state index in [0.29, 0.717) is 46.9 Å². The van der Waals surface area contributed by atoms with E-state index in [1.54, 1.807) is 11.0 Å². The van der Waals surface area contributed by atoms with Crippen molar-refractivity contribution in [3.05, 3.63) is 98.9 Å². The maximum atomic E-state index is 13.9. The van der Waals surface area contributed by atoms with Crippen molar-refractivity contribution in [2.45, 2.75) is 40.2 Å². The molecule has 3 aromatic carbocycles. The number of amides is 1. The van der Waals surface area contributed by atoms with Gasteiger partial charge in [-0.15, -0.1) is 0 Å². The summed E-state index contributed by atoms with van der Waals surface area (Å²) in [6.07, 6.45) is 0.868. The van der Waals surface area contributed by atoms with Gasteiger partial charge >= 0.3 is 0 Å². The van der Waals surface area contributed by atoms with Crippen LogP contribution in [0.15, 0.2) is 69.9 Å². The topological polar surface area (TPSA) is 69.0 Å². The third-order valence-electron chi connectivity index (χ3n) is 6.38. The molecule has 0 fully saturated rings. The van der Waals surface area contributed by atoms with Gasteiger partial charge in [-0.25, -0.2) is 0 Å². The van der Waals surface area contributed by atoms with Gasteiger partial charge in [0, 0.05) is 5.69 Å². The summed E-state index contributed by atoms with van der Waals surface area (Å²) >= 11 is 0. The Morgan fingerprint density at radius 1 is 0.861 bits per heavy atom. The molecule has 0 saturated carbocycles. The second-order valence-corrected chi connectivity index (χ2v) is 9.07. The molecular weight excluding hydrogens is 454 g/mol. The minimum absolute atomic E-state index is 0.0752. The monoisotopic (exact) mass is 483 g/mol. The standard InChI is InChI=1S/C30H29NO5/c1-5-15-35-24-14-10-20(17-25(24)34-6-2)27-26-28(32)22-16-19(4)9-13-23(22)36-29(26)30(33)31(27)21-11-7-18(3)8-12-21/h7-14,16-17,27H,5-6,15H2,1-4H3. The number of carbonyl (C=O) groups is 1. The highest BCUT2D eigenvalue weighted by atomic mass is 16.5. The lowest BCUT2D eigenvalue weighted by Crippen LogP contribution is -2.29. The number of ether oxygens (including phenoxy) is 2. The molecule has 1 aromatic heterocycles. The number of hydrogen-bond donors (Lipinski definition) is 0. The van der Waals surface area contributed by atoms with Gasteiger partial charge in [-0.1, -0.05) is 42.3 Å². The molecule has 0 radical (unpaired) electrons. The molecule has 1 unspecified atom stereocenters. The lowest BCUT2D eigenvalue weighted by Gasteiger charge is -2.26. The van der Waals surface area contributed by atoms with Crippen LogP contribution in [0.2, 0.25) is 0 Å². The van der Waals surface area contributed by atoms with Crippen LogP contribution in [0.25, 0.3) is 11.0 Å². The average molecular weight is 484 g/mol. The van der Waals surface area contributed by atoms with Crippen LogP contribution in [0, 0.1) is 13.8 Å². The van der Waals surface area contributed by atoms with E-state index in [0.717, 1.165) is 23.1 Å². The van der Waals surface area contributed by atoms with E-state index >= 15 is 0 Å². The molecule has 6 nitrogen and oxygen atoms in total. The molecule has 0 spiro atoms. The van der Waals surface area contributed by atoms with Gasteiger partial charge in [0.1, 0.15) is 5.58 Å². The molecule has 5 rings (SSSR count). The van der Waals surface area contributed by atoms with Crippen molar-refractivity contribution in [2.24, 2.45) is 0 Å². The molecule has 0 bridgehead atoms. The van der Waals surface area contributed by atoms with Crippen LogP contribution in [0.4, 0.5) is 5.69 Å². The summed E-state index contributed by atoms with van der Waals surface area (Å²) in [6, 6.07) is 18.0. The fourth-order valence-electron chi connectivity index (χ4n) is 4.67. The highest BCUT2D eigenvalue weighted by molar-refractivity contribution is 6.10. The first-order valence-electron chi connectivity index (χ1n) is 12.3. The average Bonchev–Trinajstić information content (AvgIpc) is 3.17. The van der Waals surface area contributed by atoms with Crippen molar-refractivity contribution >= 4 is 22.6 Å². The first-order valence-corrected chi connectivity index (χ1v) is 12.3. The minimum atomic E-state index is -0.671. The Morgan fingerprint density at radius 2 is 1.61 bits per heavy atom. The predicted molar refractivity (Wildman–Crippen MR) is 140 cm³/mol. The van der Waals surface area contributed by atoms with Crippen LogP contribution in [0.1, 0.15) is 59.1 Å². The number of nitrogens with zero attached hydrogens (tertiary/aromatic N) is 1. The van der Waals surface area contributed by atoms with Crippen LogP contribution < -0.4 is 19.8 Å². The third kappa shape index (κ3) is 4.02. The van der Waals surface area contributed by atoms with E-state index in [1.165, 1.54) is 0 Å². The number of rotatable bonds is 7. The zero-order valence-electron chi connectivity index (χ0n) is 21.0. The molecule has 36 heavy (non-hydrogen) atoms. The quantitative estimate of drug-likeness (QED) is 0.306.